The first-order valence-electron chi connectivity index (χ1n) is 11.5. The van der Waals surface area contributed by atoms with Crippen LogP contribution in [0.25, 0.3) is 11.1 Å². The molecule has 0 saturated carbocycles. The minimum absolute atomic E-state index is 0.00122. The number of thiophene rings is 1. The summed E-state index contributed by atoms with van der Waals surface area (Å²) in [6.45, 7) is 6.03. The quantitative estimate of drug-likeness (QED) is 0.214. The van der Waals surface area contributed by atoms with Crippen molar-refractivity contribution in [1.82, 2.24) is 4.57 Å². The zero-order chi connectivity index (χ0) is 25.1. The van der Waals surface area contributed by atoms with E-state index in [0.717, 1.165) is 57.7 Å². The molecule has 0 fully saturated rings. The summed E-state index contributed by atoms with van der Waals surface area (Å²) in [5.41, 5.74) is 4.88. The lowest BCUT2D eigenvalue weighted by atomic mass is 9.95. The van der Waals surface area contributed by atoms with Crippen molar-refractivity contribution in [2.75, 3.05) is 11.9 Å². The molecular weight excluding hydrogens is 526 g/mol. The average Bonchev–Trinajstić information content (AvgIpc) is 3.33. The fraction of sp³-hybridized carbons (Fsp3) is 0.296. The first-order chi connectivity index (χ1) is 16.8. The van der Waals surface area contributed by atoms with Gasteiger partial charge in [-0.1, -0.05) is 22.0 Å². The Hall–Kier alpha value is -3.15. The van der Waals surface area contributed by atoms with Crippen LogP contribution < -0.4 is 5.32 Å². The Kier molecular flexibility index (Phi) is 7.58. The lowest BCUT2D eigenvalue weighted by molar-refractivity contribution is -0.112. The van der Waals surface area contributed by atoms with Gasteiger partial charge in [-0.25, -0.2) is 4.79 Å². The van der Waals surface area contributed by atoms with Crippen molar-refractivity contribution in [1.29, 1.82) is 5.26 Å². The molecule has 0 saturated heterocycles. The number of esters is 1. The highest BCUT2D eigenvalue weighted by atomic mass is 79.9. The molecule has 2 aromatic heterocycles. The number of aromatic nitrogens is 1. The van der Waals surface area contributed by atoms with Crippen molar-refractivity contribution in [2.24, 2.45) is 0 Å². The number of carbonyl (C=O) groups excluding carboxylic acids is 2. The SMILES string of the molecule is CCOC(=O)c1c(-n2c(C)cc(/C=C(/C#N)C(=O)Nc3cccc(Br)c3)c2C)sc2c1CCCC2. The van der Waals surface area contributed by atoms with Crippen LogP contribution in [0.15, 0.2) is 40.4 Å². The highest BCUT2D eigenvalue weighted by molar-refractivity contribution is 9.10. The second-order valence-electron chi connectivity index (χ2n) is 8.41. The molecule has 8 heteroatoms. The number of nitrogens with zero attached hydrogens (tertiary/aromatic N) is 2. The zero-order valence-electron chi connectivity index (χ0n) is 19.9. The fourth-order valence-electron chi connectivity index (χ4n) is 4.44. The van der Waals surface area contributed by atoms with Crippen LogP contribution in [-0.2, 0) is 22.4 Å². The van der Waals surface area contributed by atoms with E-state index in [1.807, 2.05) is 49.6 Å². The van der Waals surface area contributed by atoms with Crippen LogP contribution in [0.3, 0.4) is 0 Å². The minimum Gasteiger partial charge on any atom is -0.462 e. The number of carbonyl (C=O) groups is 2. The molecule has 1 aromatic carbocycles. The van der Waals surface area contributed by atoms with E-state index in [9.17, 15) is 14.9 Å². The molecule has 1 amide bonds. The summed E-state index contributed by atoms with van der Waals surface area (Å²) >= 11 is 5.02. The van der Waals surface area contributed by atoms with Gasteiger partial charge < -0.3 is 14.6 Å². The number of nitriles is 1. The first-order valence-corrected chi connectivity index (χ1v) is 13.1. The zero-order valence-corrected chi connectivity index (χ0v) is 22.3. The molecule has 0 bridgehead atoms. The van der Waals surface area contributed by atoms with E-state index in [4.69, 9.17) is 4.74 Å². The Morgan fingerprint density at radius 1 is 1.26 bits per heavy atom. The maximum Gasteiger partial charge on any atom is 0.341 e. The number of nitrogens with one attached hydrogen (secondary N) is 1. The van der Waals surface area contributed by atoms with Gasteiger partial charge in [-0.3, -0.25) is 4.79 Å². The molecule has 3 aromatic rings. The predicted molar refractivity (Wildman–Crippen MR) is 142 cm³/mol. The number of hydrogen-bond donors (Lipinski definition) is 1. The average molecular weight is 552 g/mol. The number of hydrogen-bond acceptors (Lipinski definition) is 5. The van der Waals surface area contributed by atoms with Crippen molar-refractivity contribution in [3.8, 4) is 11.1 Å². The number of anilines is 1. The Morgan fingerprint density at radius 2 is 2.03 bits per heavy atom. The number of rotatable bonds is 6. The van der Waals surface area contributed by atoms with Gasteiger partial charge in [0.2, 0.25) is 0 Å². The highest BCUT2D eigenvalue weighted by Crippen LogP contribution is 2.39. The van der Waals surface area contributed by atoms with Gasteiger partial charge in [0.1, 0.15) is 16.6 Å². The Morgan fingerprint density at radius 3 is 2.74 bits per heavy atom. The number of benzene rings is 1. The molecule has 0 radical (unpaired) electrons. The number of aryl methyl sites for hydroxylation is 2. The molecule has 180 valence electrons. The van der Waals surface area contributed by atoms with Gasteiger partial charge in [-0.05, 0) is 87.9 Å². The standard InChI is InChI=1S/C27H26BrN3O3S/c1-4-34-27(33)24-22-10-5-6-11-23(22)35-26(24)31-16(2)12-18(17(31)3)13-19(15-29)25(32)30-21-9-7-8-20(28)14-21/h7-9,12-14H,4-6,10-11H2,1-3H3,(H,30,32)/b19-13-. The summed E-state index contributed by atoms with van der Waals surface area (Å²) < 4.78 is 8.30. The largest absolute Gasteiger partial charge is 0.462 e. The second-order valence-corrected chi connectivity index (χ2v) is 10.4. The molecule has 0 aliphatic heterocycles. The van der Waals surface area contributed by atoms with Gasteiger partial charge >= 0.3 is 5.97 Å². The normalized spacial score (nSPS) is 13.2. The fourth-order valence-corrected chi connectivity index (χ4v) is 6.32. The van der Waals surface area contributed by atoms with Crippen LogP contribution in [0, 0.1) is 25.2 Å². The van der Waals surface area contributed by atoms with E-state index in [1.165, 1.54) is 4.88 Å². The molecule has 4 rings (SSSR count). The van der Waals surface area contributed by atoms with Gasteiger partial charge in [0.05, 0.1) is 12.2 Å². The van der Waals surface area contributed by atoms with E-state index < -0.39 is 5.91 Å². The lowest BCUT2D eigenvalue weighted by Crippen LogP contribution is -2.13. The summed E-state index contributed by atoms with van der Waals surface area (Å²) in [4.78, 5) is 27.0. The van der Waals surface area contributed by atoms with Crippen LogP contribution in [0.1, 0.15) is 57.5 Å². The molecule has 1 aliphatic carbocycles. The maximum atomic E-state index is 13.0. The molecular formula is C27H26BrN3O3S. The number of ether oxygens (including phenoxy) is 1. The van der Waals surface area contributed by atoms with E-state index in [1.54, 1.807) is 29.5 Å². The Balaban J connectivity index is 1.74. The molecule has 35 heavy (non-hydrogen) atoms. The molecule has 6 nitrogen and oxygen atoms in total. The van der Waals surface area contributed by atoms with Gasteiger partial charge in [-0.2, -0.15) is 5.26 Å². The maximum absolute atomic E-state index is 13.0. The number of amides is 1. The van der Waals surface area contributed by atoms with Gasteiger partial charge in [0.25, 0.3) is 5.91 Å². The molecule has 0 atom stereocenters. The molecule has 1 aliphatic rings. The van der Waals surface area contributed by atoms with Crippen molar-refractivity contribution >= 4 is 50.9 Å². The monoisotopic (exact) mass is 551 g/mol. The summed E-state index contributed by atoms with van der Waals surface area (Å²) in [6, 6.07) is 11.2. The van der Waals surface area contributed by atoms with Crippen LogP contribution in [0.2, 0.25) is 0 Å². The summed E-state index contributed by atoms with van der Waals surface area (Å²) in [5, 5.41) is 13.3. The van der Waals surface area contributed by atoms with Gasteiger partial charge in [-0.15, -0.1) is 11.3 Å². The highest BCUT2D eigenvalue weighted by Gasteiger charge is 2.28. The van der Waals surface area contributed by atoms with Crippen LogP contribution in [0.4, 0.5) is 5.69 Å². The predicted octanol–water partition coefficient (Wildman–Crippen LogP) is 6.52. The van der Waals surface area contributed by atoms with Crippen molar-refractivity contribution in [3.05, 3.63) is 73.3 Å². The number of fused-ring (bicyclic) bond motifs is 1. The summed E-state index contributed by atoms with van der Waals surface area (Å²) in [6.07, 6.45) is 5.62. The molecule has 0 spiro atoms. The topological polar surface area (TPSA) is 84.1 Å². The number of halogens is 1. The minimum atomic E-state index is -0.478. The Bertz CT molecular complexity index is 1380. The third-order valence-corrected chi connectivity index (χ3v) is 7.82. The smallest absolute Gasteiger partial charge is 0.341 e. The second kappa shape index (κ2) is 10.6. The van der Waals surface area contributed by atoms with E-state index in [2.05, 4.69) is 21.2 Å². The van der Waals surface area contributed by atoms with Crippen molar-refractivity contribution in [2.45, 2.75) is 46.5 Å². The summed E-state index contributed by atoms with van der Waals surface area (Å²) in [5.74, 6) is -0.771. The van der Waals surface area contributed by atoms with Crippen LogP contribution >= 0.6 is 27.3 Å². The van der Waals surface area contributed by atoms with Crippen molar-refractivity contribution in [3.63, 3.8) is 0 Å². The van der Waals surface area contributed by atoms with Crippen LogP contribution in [0.5, 0.6) is 0 Å². The van der Waals surface area contributed by atoms with E-state index in [0.29, 0.717) is 17.9 Å². The third kappa shape index (κ3) is 5.12. The Labute approximate surface area is 217 Å². The first kappa shape index (κ1) is 25.0. The third-order valence-electron chi connectivity index (χ3n) is 6.05. The molecule has 0 unspecified atom stereocenters. The van der Waals surface area contributed by atoms with Gasteiger partial charge in [0, 0.05) is 26.4 Å². The van der Waals surface area contributed by atoms with Crippen molar-refractivity contribution < 1.29 is 14.3 Å². The summed E-state index contributed by atoms with van der Waals surface area (Å²) in [7, 11) is 0. The molecule has 1 N–H and O–H groups in total. The van der Waals surface area contributed by atoms with Gasteiger partial charge in [0.15, 0.2) is 0 Å². The molecule has 2 heterocycles. The van der Waals surface area contributed by atoms with E-state index in [-0.39, 0.29) is 11.5 Å². The van der Waals surface area contributed by atoms with Crippen LogP contribution in [-0.4, -0.2) is 23.1 Å². The lowest BCUT2D eigenvalue weighted by Gasteiger charge is -2.13. The van der Waals surface area contributed by atoms with E-state index >= 15 is 0 Å².